The van der Waals surface area contributed by atoms with Crippen LogP contribution in [0.3, 0.4) is 0 Å². The minimum atomic E-state index is -5.30. The van der Waals surface area contributed by atoms with Crippen LogP contribution >= 0.6 is 0 Å². The van der Waals surface area contributed by atoms with Gasteiger partial charge in [0.2, 0.25) is 11.5 Å². The molecule has 12 nitrogen and oxygen atoms in total. The average molecular weight is 631 g/mol. The van der Waals surface area contributed by atoms with E-state index in [1.807, 2.05) is 0 Å². The molecule has 0 aliphatic carbocycles. The minimum absolute atomic E-state index is 0.0884. The fraction of sp³-hybridized carbons (Fsp3) is 0.500. The third-order valence-corrected chi connectivity index (χ3v) is 7.71. The Bertz CT molecular complexity index is 1600. The molecule has 5 heterocycles. The van der Waals surface area contributed by atoms with Crippen LogP contribution in [-0.2, 0) is 11.3 Å². The van der Waals surface area contributed by atoms with E-state index in [1.165, 1.54) is 30.2 Å². The number of hydrogen-bond donors (Lipinski definition) is 3. The van der Waals surface area contributed by atoms with Crippen molar-refractivity contribution in [2.45, 2.75) is 49.8 Å². The van der Waals surface area contributed by atoms with Crippen molar-refractivity contribution in [3.8, 4) is 17.1 Å². The van der Waals surface area contributed by atoms with Gasteiger partial charge in [0.05, 0.1) is 31.9 Å². The van der Waals surface area contributed by atoms with Gasteiger partial charge in [0.25, 0.3) is 17.7 Å². The lowest BCUT2D eigenvalue weighted by molar-refractivity contribution is -0.249. The topological polar surface area (TPSA) is 151 Å². The number of hydrogen-bond acceptors (Lipinski definition) is 9. The number of anilines is 1. The normalized spacial score (nSPS) is 21.9. The number of alkyl halides is 6. The molecule has 1 unspecified atom stereocenters. The minimum Gasteiger partial charge on any atom is -0.480 e. The predicted octanol–water partition coefficient (Wildman–Crippen LogP) is 1.82. The van der Waals surface area contributed by atoms with E-state index in [4.69, 9.17) is 10.5 Å². The number of halogens is 6. The third-order valence-electron chi connectivity index (χ3n) is 7.71. The van der Waals surface area contributed by atoms with Gasteiger partial charge in [-0.25, -0.2) is 27.7 Å². The molecule has 0 saturated carbocycles. The number of ether oxygens (including phenoxy) is 1. The molecule has 238 valence electrons. The van der Waals surface area contributed by atoms with E-state index in [-0.39, 0.29) is 43.7 Å². The standard InChI is InChI=1S/C26H28F6N8O4/c1-24(43,26(30,31)32)23(42)39-9-16(27)17(10-39)37-21(41)15-5-13(7-34-22(15)44-2)18-6-14(8-38-4-3-25(28,29)11-38)19-20(33)35-12-36-40(18)19/h5-7,12,16-17,43H,3-4,8-11H2,1-2H3,(H,37,41)(H2,33,35,36)/t16-,17+,24?/m0/s1. The van der Waals surface area contributed by atoms with Gasteiger partial charge in [-0.1, -0.05) is 0 Å². The van der Waals surface area contributed by atoms with E-state index in [1.54, 1.807) is 11.0 Å². The van der Waals surface area contributed by atoms with Gasteiger partial charge in [0.1, 0.15) is 23.6 Å². The monoisotopic (exact) mass is 630 g/mol. The van der Waals surface area contributed by atoms with Crippen LogP contribution in [0.15, 0.2) is 24.7 Å². The number of likely N-dealkylation sites (tertiary alicyclic amines) is 2. The molecule has 0 bridgehead atoms. The lowest BCUT2D eigenvalue weighted by Crippen LogP contribution is -2.56. The summed E-state index contributed by atoms with van der Waals surface area (Å²) in [4.78, 5) is 35.8. The molecule has 3 aromatic heterocycles. The van der Waals surface area contributed by atoms with Crippen LogP contribution in [0.4, 0.5) is 32.2 Å². The van der Waals surface area contributed by atoms with Gasteiger partial charge in [0, 0.05) is 37.8 Å². The number of pyridine rings is 1. The SMILES string of the molecule is COc1ncc(-c2cc(CN3CCC(F)(F)C3)c3c(N)ncnn23)cc1C(=O)N[C@@H]1CN(C(=O)C(C)(O)C(F)(F)F)C[C@@H]1F. The Balaban J connectivity index is 1.42. The number of aromatic nitrogens is 4. The molecule has 2 amide bonds. The van der Waals surface area contributed by atoms with E-state index in [2.05, 4.69) is 20.4 Å². The summed E-state index contributed by atoms with van der Waals surface area (Å²) in [6.45, 7) is -1.31. The Labute approximate surface area is 245 Å². The first-order valence-corrected chi connectivity index (χ1v) is 13.3. The Hall–Kier alpha value is -4.19. The van der Waals surface area contributed by atoms with Crippen LogP contribution in [0.25, 0.3) is 16.8 Å². The molecule has 0 spiro atoms. The number of aliphatic hydroxyl groups is 1. The first-order valence-electron chi connectivity index (χ1n) is 13.3. The zero-order valence-corrected chi connectivity index (χ0v) is 23.4. The van der Waals surface area contributed by atoms with E-state index >= 15 is 0 Å². The number of nitrogen functional groups attached to an aromatic ring is 1. The third kappa shape index (κ3) is 5.70. The maximum atomic E-state index is 14.8. The van der Waals surface area contributed by atoms with Crippen molar-refractivity contribution >= 4 is 23.1 Å². The van der Waals surface area contributed by atoms with Gasteiger partial charge < -0.3 is 25.8 Å². The number of nitrogens with two attached hydrogens (primary N) is 1. The van der Waals surface area contributed by atoms with Crippen molar-refractivity contribution < 1.29 is 45.8 Å². The summed E-state index contributed by atoms with van der Waals surface area (Å²) in [5, 5.41) is 16.3. The number of carbonyl (C=O) groups is 2. The summed E-state index contributed by atoms with van der Waals surface area (Å²) >= 11 is 0. The van der Waals surface area contributed by atoms with Crippen LogP contribution in [-0.4, -0.2) is 110 Å². The Morgan fingerprint density at radius 1 is 1.23 bits per heavy atom. The molecule has 18 heteroatoms. The number of carbonyl (C=O) groups excluding carboxylic acids is 2. The lowest BCUT2D eigenvalue weighted by atomic mass is 10.1. The van der Waals surface area contributed by atoms with Crippen molar-refractivity contribution in [1.29, 1.82) is 0 Å². The van der Waals surface area contributed by atoms with Gasteiger partial charge >= 0.3 is 6.18 Å². The molecule has 4 N–H and O–H groups in total. The smallest absolute Gasteiger partial charge is 0.426 e. The van der Waals surface area contributed by atoms with Crippen LogP contribution < -0.4 is 15.8 Å². The van der Waals surface area contributed by atoms with Gasteiger partial charge in [-0.3, -0.25) is 14.5 Å². The van der Waals surface area contributed by atoms with Crippen LogP contribution in [0.5, 0.6) is 5.88 Å². The molecule has 0 radical (unpaired) electrons. The van der Waals surface area contributed by atoms with Crippen LogP contribution in [0.2, 0.25) is 0 Å². The quantitative estimate of drug-likeness (QED) is 0.332. The van der Waals surface area contributed by atoms with Crippen molar-refractivity contribution in [2.24, 2.45) is 0 Å². The molecule has 2 aliphatic heterocycles. The predicted molar refractivity (Wildman–Crippen MR) is 141 cm³/mol. The second-order valence-electron chi connectivity index (χ2n) is 10.9. The average Bonchev–Trinajstić information content (AvgIpc) is 3.62. The van der Waals surface area contributed by atoms with Crippen molar-refractivity contribution in [3.63, 3.8) is 0 Å². The number of nitrogens with one attached hydrogen (secondary N) is 1. The molecule has 44 heavy (non-hydrogen) atoms. The zero-order chi connectivity index (χ0) is 32.2. The summed E-state index contributed by atoms with van der Waals surface area (Å²) in [7, 11) is 1.23. The Kier molecular flexibility index (Phi) is 7.86. The number of methoxy groups -OCH3 is 1. The summed E-state index contributed by atoms with van der Waals surface area (Å²) in [6, 6.07) is 1.59. The van der Waals surface area contributed by atoms with Gasteiger partial charge in [-0.15, -0.1) is 0 Å². The number of rotatable bonds is 7. The highest BCUT2D eigenvalue weighted by molar-refractivity contribution is 5.98. The van der Waals surface area contributed by atoms with Gasteiger partial charge in [-0.05, 0) is 24.6 Å². The molecule has 5 rings (SSSR count). The highest BCUT2D eigenvalue weighted by Gasteiger charge is 2.58. The lowest BCUT2D eigenvalue weighted by Gasteiger charge is -2.29. The molecule has 2 aliphatic rings. The molecular weight excluding hydrogens is 602 g/mol. The number of nitrogens with zero attached hydrogens (tertiary/aromatic N) is 6. The van der Waals surface area contributed by atoms with Gasteiger partial charge in [0.15, 0.2) is 5.82 Å². The number of fused-ring (bicyclic) bond motifs is 1. The van der Waals surface area contributed by atoms with E-state index in [0.717, 1.165) is 0 Å². The largest absolute Gasteiger partial charge is 0.480 e. The summed E-state index contributed by atoms with van der Waals surface area (Å²) in [6.07, 6.45) is -4.98. The van der Waals surface area contributed by atoms with E-state index in [0.29, 0.717) is 27.2 Å². The first-order chi connectivity index (χ1) is 20.5. The van der Waals surface area contributed by atoms with Crippen molar-refractivity contribution in [2.75, 3.05) is 39.0 Å². The zero-order valence-electron chi connectivity index (χ0n) is 23.4. The maximum Gasteiger partial charge on any atom is 0.426 e. The van der Waals surface area contributed by atoms with E-state index < -0.39 is 61.4 Å². The molecule has 3 aromatic rings. The summed E-state index contributed by atoms with van der Waals surface area (Å²) in [5.41, 5.74) is 3.78. The fourth-order valence-corrected chi connectivity index (χ4v) is 5.31. The van der Waals surface area contributed by atoms with E-state index in [9.17, 15) is 41.0 Å². The second-order valence-corrected chi connectivity index (χ2v) is 10.9. The molecular formula is C26H28F6N8O4. The van der Waals surface area contributed by atoms with Gasteiger partial charge in [-0.2, -0.15) is 18.3 Å². The number of amides is 2. The molecule has 0 aromatic carbocycles. The highest BCUT2D eigenvalue weighted by Crippen LogP contribution is 2.35. The molecule has 2 fully saturated rings. The van der Waals surface area contributed by atoms with Crippen molar-refractivity contribution in [3.05, 3.63) is 35.8 Å². The second kappa shape index (κ2) is 11.1. The summed E-state index contributed by atoms with van der Waals surface area (Å²) in [5.74, 6) is -5.55. The Morgan fingerprint density at radius 3 is 2.59 bits per heavy atom. The van der Waals surface area contributed by atoms with Crippen LogP contribution in [0, 0.1) is 0 Å². The summed E-state index contributed by atoms with van der Waals surface area (Å²) < 4.78 is 88.5. The maximum absolute atomic E-state index is 14.8. The fourth-order valence-electron chi connectivity index (χ4n) is 5.31. The first kappa shape index (κ1) is 31.2. The van der Waals surface area contributed by atoms with Crippen molar-refractivity contribution in [1.82, 2.24) is 34.7 Å². The Morgan fingerprint density at radius 2 is 1.95 bits per heavy atom. The molecule has 3 atom stereocenters. The highest BCUT2D eigenvalue weighted by atomic mass is 19.4. The molecule has 2 saturated heterocycles. The van der Waals surface area contributed by atoms with Crippen LogP contribution in [0.1, 0.15) is 29.3 Å².